The Bertz CT molecular complexity index is 304. The molecule has 0 unspecified atom stereocenters. The first-order chi connectivity index (χ1) is 6.24. The molecule has 4 heteroatoms. The van der Waals surface area contributed by atoms with Crippen molar-refractivity contribution in [3.8, 4) is 0 Å². The van der Waals surface area contributed by atoms with Crippen LogP contribution in [-0.2, 0) is 6.54 Å². The van der Waals surface area contributed by atoms with Gasteiger partial charge in [-0.15, -0.1) is 6.58 Å². The van der Waals surface area contributed by atoms with Crippen molar-refractivity contribution < 1.29 is 14.3 Å². The van der Waals surface area contributed by atoms with E-state index in [1.807, 2.05) is 0 Å². The van der Waals surface area contributed by atoms with Crippen molar-refractivity contribution in [1.29, 1.82) is 0 Å². The van der Waals surface area contributed by atoms with Crippen LogP contribution in [0.4, 0.5) is 0 Å². The molecular weight excluding hydrogens is 170 g/mol. The van der Waals surface area contributed by atoms with Crippen molar-refractivity contribution in [3.63, 3.8) is 0 Å². The Balaban J connectivity index is 2.49. The molecule has 0 fully saturated rings. The highest BCUT2D eigenvalue weighted by Crippen LogP contribution is 2.06. The summed E-state index contributed by atoms with van der Waals surface area (Å²) in [6.07, 6.45) is 2.95. The van der Waals surface area contributed by atoms with Crippen LogP contribution in [0.1, 0.15) is 16.1 Å². The van der Waals surface area contributed by atoms with Crippen LogP contribution in [0.5, 0.6) is 0 Å². The number of hydrogen-bond acceptors (Lipinski definition) is 3. The van der Waals surface area contributed by atoms with E-state index in [2.05, 4.69) is 11.9 Å². The van der Waals surface area contributed by atoms with Gasteiger partial charge in [0, 0.05) is 6.54 Å². The fraction of sp³-hybridized carbons (Fsp3) is 0.222. The van der Waals surface area contributed by atoms with Gasteiger partial charge in [-0.1, -0.05) is 6.08 Å². The van der Waals surface area contributed by atoms with Gasteiger partial charge in [0.25, 0.3) is 0 Å². The molecule has 1 heterocycles. The molecule has 0 aliphatic heterocycles. The molecule has 0 amide bonds. The number of hydrogen-bond donors (Lipinski definition) is 2. The molecule has 0 bridgehead atoms. The van der Waals surface area contributed by atoms with Gasteiger partial charge in [0.05, 0.1) is 12.1 Å². The molecule has 0 radical (unpaired) electrons. The number of furan rings is 1. The molecule has 13 heavy (non-hydrogen) atoms. The van der Waals surface area contributed by atoms with Gasteiger partial charge in [-0.2, -0.15) is 0 Å². The molecule has 0 saturated carbocycles. The second kappa shape index (κ2) is 4.47. The second-order valence-electron chi connectivity index (χ2n) is 2.53. The SMILES string of the molecule is C=CCNCc1cc(C(=O)O)co1. The van der Waals surface area contributed by atoms with Gasteiger partial charge in [-0.3, -0.25) is 0 Å². The Kier molecular flexibility index (Phi) is 3.28. The lowest BCUT2D eigenvalue weighted by molar-refractivity contribution is 0.0696. The van der Waals surface area contributed by atoms with E-state index in [1.54, 1.807) is 6.08 Å². The maximum Gasteiger partial charge on any atom is 0.338 e. The van der Waals surface area contributed by atoms with Crippen molar-refractivity contribution in [2.24, 2.45) is 0 Å². The summed E-state index contributed by atoms with van der Waals surface area (Å²) in [7, 11) is 0. The zero-order valence-corrected chi connectivity index (χ0v) is 7.12. The van der Waals surface area contributed by atoms with Crippen LogP contribution in [0.25, 0.3) is 0 Å². The topological polar surface area (TPSA) is 62.5 Å². The fourth-order valence-electron chi connectivity index (χ4n) is 0.883. The Labute approximate surface area is 75.9 Å². The van der Waals surface area contributed by atoms with Gasteiger partial charge in [-0.05, 0) is 6.07 Å². The van der Waals surface area contributed by atoms with Crippen LogP contribution in [-0.4, -0.2) is 17.6 Å². The molecule has 1 aromatic heterocycles. The Morgan fingerprint density at radius 1 is 1.77 bits per heavy atom. The lowest BCUT2D eigenvalue weighted by atomic mass is 10.3. The summed E-state index contributed by atoms with van der Waals surface area (Å²) in [5.41, 5.74) is 0.176. The van der Waals surface area contributed by atoms with E-state index in [1.165, 1.54) is 12.3 Å². The van der Waals surface area contributed by atoms with Crippen LogP contribution >= 0.6 is 0 Å². The van der Waals surface area contributed by atoms with Crippen molar-refractivity contribution >= 4 is 5.97 Å². The standard InChI is InChI=1S/C9H11NO3/c1-2-3-10-5-8-4-7(6-13-8)9(11)12/h2,4,6,10H,1,3,5H2,(H,11,12). The molecule has 4 nitrogen and oxygen atoms in total. The van der Waals surface area contributed by atoms with Gasteiger partial charge in [0.1, 0.15) is 12.0 Å². The minimum atomic E-state index is -0.973. The van der Waals surface area contributed by atoms with Gasteiger partial charge in [0.15, 0.2) is 0 Å². The summed E-state index contributed by atoms with van der Waals surface area (Å²) in [5, 5.41) is 11.6. The molecule has 70 valence electrons. The van der Waals surface area contributed by atoms with Crippen molar-refractivity contribution in [3.05, 3.63) is 36.3 Å². The van der Waals surface area contributed by atoms with Gasteiger partial charge >= 0.3 is 5.97 Å². The average Bonchev–Trinajstić information content (AvgIpc) is 2.53. The molecule has 2 N–H and O–H groups in total. The molecule has 0 saturated heterocycles. The van der Waals surface area contributed by atoms with Crippen LogP contribution in [0.3, 0.4) is 0 Å². The van der Waals surface area contributed by atoms with Crippen molar-refractivity contribution in [2.45, 2.75) is 6.54 Å². The first-order valence-electron chi connectivity index (χ1n) is 3.86. The van der Waals surface area contributed by atoms with E-state index in [9.17, 15) is 4.79 Å². The molecule has 0 atom stereocenters. The minimum Gasteiger partial charge on any atom is -0.478 e. The van der Waals surface area contributed by atoms with E-state index in [4.69, 9.17) is 9.52 Å². The summed E-state index contributed by atoms with van der Waals surface area (Å²) in [5.74, 6) is -0.363. The third kappa shape index (κ3) is 2.76. The molecule has 1 rings (SSSR count). The Morgan fingerprint density at radius 3 is 3.08 bits per heavy atom. The zero-order chi connectivity index (χ0) is 9.68. The second-order valence-corrected chi connectivity index (χ2v) is 2.53. The lowest BCUT2D eigenvalue weighted by Gasteiger charge is -1.95. The molecule has 0 aliphatic rings. The molecule has 0 aliphatic carbocycles. The van der Waals surface area contributed by atoms with Crippen LogP contribution < -0.4 is 5.32 Å². The number of rotatable bonds is 5. The summed E-state index contributed by atoms with van der Waals surface area (Å²) in [6.45, 7) is 4.72. The zero-order valence-electron chi connectivity index (χ0n) is 7.12. The number of nitrogens with one attached hydrogen (secondary N) is 1. The Morgan fingerprint density at radius 2 is 2.54 bits per heavy atom. The molecule has 0 spiro atoms. The van der Waals surface area contributed by atoms with E-state index >= 15 is 0 Å². The fourth-order valence-corrected chi connectivity index (χ4v) is 0.883. The minimum absolute atomic E-state index is 0.176. The van der Waals surface area contributed by atoms with Gasteiger partial charge in [0.2, 0.25) is 0 Å². The predicted molar refractivity (Wildman–Crippen MR) is 47.6 cm³/mol. The first kappa shape index (κ1) is 9.54. The quantitative estimate of drug-likeness (QED) is 0.530. The summed E-state index contributed by atoms with van der Waals surface area (Å²) >= 11 is 0. The summed E-state index contributed by atoms with van der Waals surface area (Å²) in [6, 6.07) is 1.50. The van der Waals surface area contributed by atoms with Gasteiger partial charge < -0.3 is 14.8 Å². The third-order valence-electron chi connectivity index (χ3n) is 1.49. The summed E-state index contributed by atoms with van der Waals surface area (Å²) < 4.78 is 4.99. The number of carbonyl (C=O) groups is 1. The molecule has 1 aromatic rings. The number of carboxylic acids is 1. The van der Waals surface area contributed by atoms with E-state index in [0.717, 1.165) is 0 Å². The monoisotopic (exact) mass is 181 g/mol. The van der Waals surface area contributed by atoms with Gasteiger partial charge in [-0.25, -0.2) is 4.79 Å². The van der Waals surface area contributed by atoms with E-state index in [0.29, 0.717) is 18.8 Å². The number of carboxylic acid groups (broad SMARTS) is 1. The highest BCUT2D eigenvalue weighted by atomic mass is 16.4. The molecular formula is C9H11NO3. The van der Waals surface area contributed by atoms with Crippen LogP contribution in [0.2, 0.25) is 0 Å². The predicted octanol–water partition coefficient (Wildman–Crippen LogP) is 1.25. The normalized spacial score (nSPS) is 9.85. The third-order valence-corrected chi connectivity index (χ3v) is 1.49. The van der Waals surface area contributed by atoms with Crippen LogP contribution in [0.15, 0.2) is 29.4 Å². The van der Waals surface area contributed by atoms with Crippen LogP contribution in [0, 0.1) is 0 Å². The molecule has 0 aromatic carbocycles. The van der Waals surface area contributed by atoms with Crippen molar-refractivity contribution in [1.82, 2.24) is 5.32 Å². The maximum absolute atomic E-state index is 10.4. The average molecular weight is 181 g/mol. The lowest BCUT2D eigenvalue weighted by Crippen LogP contribution is -2.11. The smallest absolute Gasteiger partial charge is 0.338 e. The highest BCUT2D eigenvalue weighted by molar-refractivity contribution is 5.87. The highest BCUT2D eigenvalue weighted by Gasteiger charge is 2.06. The largest absolute Gasteiger partial charge is 0.478 e. The Hall–Kier alpha value is -1.55. The van der Waals surface area contributed by atoms with E-state index < -0.39 is 5.97 Å². The van der Waals surface area contributed by atoms with E-state index in [-0.39, 0.29) is 5.56 Å². The summed E-state index contributed by atoms with van der Waals surface area (Å²) in [4.78, 5) is 10.4. The number of aromatic carboxylic acids is 1. The maximum atomic E-state index is 10.4. The van der Waals surface area contributed by atoms with Crippen molar-refractivity contribution in [2.75, 3.05) is 6.54 Å². The first-order valence-corrected chi connectivity index (χ1v) is 3.86.